The first-order valence-electron chi connectivity index (χ1n) is 13.2. The van der Waals surface area contributed by atoms with Crippen molar-refractivity contribution in [3.8, 4) is 0 Å². The lowest BCUT2D eigenvalue weighted by atomic mass is 9.83. The maximum atomic E-state index is 13.6. The Balaban J connectivity index is 5.84. The lowest BCUT2D eigenvalue weighted by Crippen LogP contribution is -2.63. The van der Waals surface area contributed by atoms with Crippen molar-refractivity contribution in [2.75, 3.05) is 6.26 Å². The molecule has 0 aliphatic heterocycles. The Morgan fingerprint density at radius 3 is 1.72 bits per heavy atom. The predicted molar refractivity (Wildman–Crippen MR) is 145 cm³/mol. The normalized spacial score (nSPS) is 15.6. The molecule has 1 amide bonds. The van der Waals surface area contributed by atoms with Gasteiger partial charge >= 0.3 is 11.9 Å². The zero-order valence-corrected chi connectivity index (χ0v) is 24.2. The molecule has 0 aromatic heterocycles. The fourth-order valence-corrected chi connectivity index (χ4v) is 5.44. The lowest BCUT2D eigenvalue weighted by molar-refractivity contribution is -0.141. The van der Waals surface area contributed by atoms with Crippen molar-refractivity contribution < 1.29 is 29.4 Å². The van der Waals surface area contributed by atoms with Crippen LogP contribution in [0.15, 0.2) is 0 Å². The quantitative estimate of drug-likeness (QED) is 0.159. The van der Waals surface area contributed by atoms with Crippen LogP contribution in [0.4, 0.5) is 0 Å². The third-order valence-corrected chi connectivity index (χ3v) is 8.87. The number of carbonyl (C=O) groups is 4. The van der Waals surface area contributed by atoms with Gasteiger partial charge in [-0.3, -0.25) is 29.8 Å². The van der Waals surface area contributed by atoms with Gasteiger partial charge in [0.2, 0.25) is 5.91 Å². The molecule has 4 atom stereocenters. The zero-order chi connectivity index (χ0) is 28.1. The van der Waals surface area contributed by atoms with E-state index in [1.807, 2.05) is 47.8 Å². The number of Topliss-reactive ketones (excluding diaryl/α,β-unsaturated/α-hetero) is 1. The number of hydrogen-bond donors (Lipinski definition) is 5. The highest BCUT2D eigenvalue weighted by molar-refractivity contribution is 7.99. The van der Waals surface area contributed by atoms with Crippen molar-refractivity contribution in [1.82, 2.24) is 16.0 Å². The molecule has 0 aliphatic carbocycles. The molecule has 10 heteroatoms. The van der Waals surface area contributed by atoms with E-state index in [4.69, 9.17) is 0 Å². The Kier molecular flexibility index (Phi) is 15.5. The van der Waals surface area contributed by atoms with Crippen LogP contribution in [0.3, 0.4) is 0 Å². The molecule has 0 radical (unpaired) electrons. The smallest absolute Gasteiger partial charge is 0.320 e. The number of carboxylic acids is 2. The summed E-state index contributed by atoms with van der Waals surface area (Å²) in [5.41, 5.74) is -1.52. The van der Waals surface area contributed by atoms with E-state index in [0.717, 1.165) is 25.7 Å². The molecule has 36 heavy (non-hydrogen) atoms. The average Bonchev–Trinajstić information content (AvgIpc) is 2.86. The summed E-state index contributed by atoms with van der Waals surface area (Å²) in [7, 11) is 0. The number of carboxylic acid groups (broad SMARTS) is 2. The maximum absolute atomic E-state index is 13.6. The molecule has 0 aromatic rings. The first kappa shape index (κ1) is 34.4. The monoisotopic (exact) mass is 531 g/mol. The number of amides is 1. The van der Waals surface area contributed by atoms with Gasteiger partial charge in [0.15, 0.2) is 5.78 Å². The number of nitrogens with one attached hydrogen (secondary N) is 3. The Labute approximate surface area is 221 Å². The highest BCUT2D eigenvalue weighted by atomic mass is 32.2. The van der Waals surface area contributed by atoms with Gasteiger partial charge in [0, 0.05) is 10.8 Å². The van der Waals surface area contributed by atoms with Crippen molar-refractivity contribution in [1.29, 1.82) is 0 Å². The van der Waals surface area contributed by atoms with E-state index in [1.165, 1.54) is 0 Å². The Morgan fingerprint density at radius 2 is 1.36 bits per heavy atom. The van der Waals surface area contributed by atoms with Crippen LogP contribution in [0.1, 0.15) is 99.8 Å². The number of hydrogen-bond acceptors (Lipinski definition) is 7. The van der Waals surface area contributed by atoms with Gasteiger partial charge < -0.3 is 15.5 Å². The van der Waals surface area contributed by atoms with Gasteiger partial charge in [0.25, 0.3) is 0 Å². The molecule has 0 fully saturated rings. The summed E-state index contributed by atoms with van der Waals surface area (Å²) >= 11 is 1.60. The van der Waals surface area contributed by atoms with E-state index < -0.39 is 47.9 Å². The number of carbonyl (C=O) groups excluding carboxylic acids is 2. The van der Waals surface area contributed by atoms with E-state index >= 15 is 0 Å². The second-order valence-electron chi connectivity index (χ2n) is 9.56. The largest absolute Gasteiger partial charge is 0.481 e. The molecular formula is C26H49N3O6S. The van der Waals surface area contributed by atoms with Gasteiger partial charge in [0.1, 0.15) is 6.04 Å². The van der Waals surface area contributed by atoms with Crippen molar-refractivity contribution in [2.45, 2.75) is 134 Å². The van der Waals surface area contributed by atoms with E-state index in [0.29, 0.717) is 19.3 Å². The van der Waals surface area contributed by atoms with Crippen LogP contribution < -0.4 is 16.0 Å². The van der Waals surface area contributed by atoms with Crippen LogP contribution in [0, 0.1) is 0 Å². The van der Waals surface area contributed by atoms with Crippen molar-refractivity contribution in [2.24, 2.45) is 0 Å². The highest BCUT2D eigenvalue weighted by Crippen LogP contribution is 2.24. The number of aliphatic carboxylic acids is 2. The summed E-state index contributed by atoms with van der Waals surface area (Å²) in [6.45, 7) is 13.2. The van der Waals surface area contributed by atoms with Crippen LogP contribution >= 0.6 is 11.8 Å². The minimum absolute atomic E-state index is 0.135. The summed E-state index contributed by atoms with van der Waals surface area (Å²) in [6.07, 6.45) is 5.59. The standard InChI is InChI=1S/C26H49N3O6S/c1-9-18(36-8)15-20(24(34)35)29-26(13-5,14-6)22(32)17(7)27-23(33)19(16-21(30)31)28-25(10-2,11-3)12-4/h17-20,28-29H,9-16H2,1-8H3,(H,27,33)(H,30,31)(H,34,35). The van der Waals surface area contributed by atoms with E-state index in [1.54, 1.807) is 18.7 Å². The molecule has 0 heterocycles. The number of thioether (sulfide) groups is 1. The first-order chi connectivity index (χ1) is 16.8. The van der Waals surface area contributed by atoms with E-state index in [2.05, 4.69) is 16.0 Å². The van der Waals surface area contributed by atoms with Crippen molar-refractivity contribution in [3.05, 3.63) is 0 Å². The molecule has 0 aliphatic rings. The fraction of sp³-hybridized carbons (Fsp3) is 0.846. The Morgan fingerprint density at radius 1 is 0.833 bits per heavy atom. The molecular weight excluding hydrogens is 482 g/mol. The number of rotatable bonds is 20. The van der Waals surface area contributed by atoms with Crippen molar-refractivity contribution >= 4 is 35.4 Å². The maximum Gasteiger partial charge on any atom is 0.320 e. The van der Waals surface area contributed by atoms with Crippen LogP contribution in [0.5, 0.6) is 0 Å². The SMILES string of the molecule is CCC(CC(NC(CC)(CC)C(=O)C(C)NC(=O)C(CC(=O)O)NC(CC)(CC)CC)C(=O)O)SC. The summed E-state index contributed by atoms with van der Waals surface area (Å²) in [6, 6.07) is -2.84. The zero-order valence-electron chi connectivity index (χ0n) is 23.4. The van der Waals surface area contributed by atoms with Crippen LogP contribution in [-0.4, -0.2) is 74.6 Å². The molecule has 4 unspecified atom stereocenters. The Hall–Kier alpha value is -1.65. The van der Waals surface area contributed by atoms with Gasteiger partial charge in [-0.15, -0.1) is 0 Å². The summed E-state index contributed by atoms with van der Waals surface area (Å²) in [5, 5.41) is 28.5. The van der Waals surface area contributed by atoms with Gasteiger partial charge in [-0.1, -0.05) is 41.5 Å². The third kappa shape index (κ3) is 9.67. The first-order valence-corrected chi connectivity index (χ1v) is 14.5. The van der Waals surface area contributed by atoms with Crippen LogP contribution in [0.25, 0.3) is 0 Å². The van der Waals surface area contributed by atoms with Crippen molar-refractivity contribution in [3.63, 3.8) is 0 Å². The second kappa shape index (κ2) is 16.2. The predicted octanol–water partition coefficient (Wildman–Crippen LogP) is 3.60. The van der Waals surface area contributed by atoms with Gasteiger partial charge in [0.05, 0.1) is 24.0 Å². The highest BCUT2D eigenvalue weighted by Gasteiger charge is 2.42. The fourth-order valence-electron chi connectivity index (χ4n) is 4.72. The molecule has 0 saturated heterocycles. The lowest BCUT2D eigenvalue weighted by Gasteiger charge is -2.38. The third-order valence-electron chi connectivity index (χ3n) is 7.67. The number of ketones is 1. The summed E-state index contributed by atoms with van der Waals surface area (Å²) < 4.78 is 0. The molecule has 0 bridgehead atoms. The van der Waals surface area contributed by atoms with Gasteiger partial charge in [-0.25, -0.2) is 0 Å². The molecule has 0 aromatic carbocycles. The molecule has 9 nitrogen and oxygen atoms in total. The van der Waals surface area contributed by atoms with E-state index in [-0.39, 0.29) is 16.6 Å². The van der Waals surface area contributed by atoms with Crippen LogP contribution in [0.2, 0.25) is 0 Å². The minimum atomic E-state index is -1.14. The average molecular weight is 532 g/mol. The van der Waals surface area contributed by atoms with Crippen LogP contribution in [-0.2, 0) is 19.2 Å². The topological polar surface area (TPSA) is 145 Å². The van der Waals surface area contributed by atoms with Gasteiger partial charge in [-0.05, 0) is 58.1 Å². The summed E-state index contributed by atoms with van der Waals surface area (Å²) in [4.78, 5) is 50.3. The van der Waals surface area contributed by atoms with E-state index in [9.17, 15) is 29.4 Å². The molecule has 210 valence electrons. The van der Waals surface area contributed by atoms with Gasteiger partial charge in [-0.2, -0.15) is 11.8 Å². The molecule has 5 N–H and O–H groups in total. The molecule has 0 saturated carbocycles. The molecule has 0 rings (SSSR count). The minimum Gasteiger partial charge on any atom is -0.481 e. The Bertz CT molecular complexity index is 712. The molecule has 0 spiro atoms. The second-order valence-corrected chi connectivity index (χ2v) is 10.7. The summed E-state index contributed by atoms with van der Waals surface area (Å²) in [5.74, 6) is -2.99.